The number of anilines is 1. The number of aryl methyl sites for hydroxylation is 2. The average Bonchev–Trinajstić information content (AvgIpc) is 3.08. The van der Waals surface area contributed by atoms with Crippen molar-refractivity contribution in [3.8, 4) is 11.5 Å². The number of para-hydroxylation sites is 2. The summed E-state index contributed by atoms with van der Waals surface area (Å²) in [6.07, 6.45) is -0.210. The lowest BCUT2D eigenvalue weighted by Gasteiger charge is -2.31. The molecule has 0 radical (unpaired) electrons. The van der Waals surface area contributed by atoms with Gasteiger partial charge in [-0.3, -0.25) is 4.68 Å². The molecule has 0 spiro atoms. The van der Waals surface area contributed by atoms with E-state index in [1.807, 2.05) is 74.0 Å². The van der Waals surface area contributed by atoms with Gasteiger partial charge in [-0.1, -0.05) is 24.3 Å². The molecule has 1 unspecified atom stereocenters. The van der Waals surface area contributed by atoms with E-state index in [0.717, 1.165) is 28.4 Å². The van der Waals surface area contributed by atoms with Crippen molar-refractivity contribution in [3.05, 3.63) is 71.5 Å². The first-order valence-corrected chi connectivity index (χ1v) is 10.6. The van der Waals surface area contributed by atoms with E-state index in [-0.39, 0.29) is 12.1 Å². The van der Waals surface area contributed by atoms with Crippen LogP contribution in [0.25, 0.3) is 0 Å². The topological polar surface area (TPSA) is 68.6 Å². The summed E-state index contributed by atoms with van der Waals surface area (Å²) in [6, 6.07) is 17.3. The van der Waals surface area contributed by atoms with Gasteiger partial charge >= 0.3 is 6.03 Å². The first kappa shape index (κ1) is 20.8. The van der Waals surface area contributed by atoms with Crippen molar-refractivity contribution in [3.63, 3.8) is 0 Å². The van der Waals surface area contributed by atoms with E-state index < -0.39 is 0 Å². The monoisotopic (exact) mass is 420 g/mol. The van der Waals surface area contributed by atoms with Crippen molar-refractivity contribution in [2.45, 2.75) is 33.4 Å². The Morgan fingerprint density at radius 1 is 1.16 bits per heavy atom. The third-order valence-electron chi connectivity index (χ3n) is 5.27. The zero-order chi connectivity index (χ0) is 21.8. The van der Waals surface area contributed by atoms with Gasteiger partial charge in [-0.2, -0.15) is 5.10 Å². The molecular formula is C24H28N4O3. The third-order valence-corrected chi connectivity index (χ3v) is 5.27. The average molecular weight is 421 g/mol. The molecule has 0 saturated heterocycles. The van der Waals surface area contributed by atoms with Crippen LogP contribution in [0.15, 0.2) is 54.6 Å². The third kappa shape index (κ3) is 4.99. The molecule has 0 bridgehead atoms. The van der Waals surface area contributed by atoms with E-state index in [4.69, 9.17) is 9.47 Å². The number of aromatic nitrogens is 2. The minimum absolute atomic E-state index is 0.159. The number of rotatable bonds is 6. The quantitative estimate of drug-likeness (QED) is 0.648. The number of hydrogen-bond donors (Lipinski definition) is 1. The lowest BCUT2D eigenvalue weighted by molar-refractivity contribution is 0.0693. The number of likely N-dealkylation sites (N-methyl/N-ethyl adjacent to an activating group) is 1. The summed E-state index contributed by atoms with van der Waals surface area (Å²) in [5.74, 6) is 1.46. The molecule has 2 heterocycles. The summed E-state index contributed by atoms with van der Waals surface area (Å²) < 4.78 is 13.7. The fourth-order valence-electron chi connectivity index (χ4n) is 3.71. The highest BCUT2D eigenvalue weighted by Crippen LogP contribution is 2.31. The number of amides is 2. The molecule has 31 heavy (non-hydrogen) atoms. The van der Waals surface area contributed by atoms with Crippen LogP contribution in [0.5, 0.6) is 11.5 Å². The second-order valence-electron chi connectivity index (χ2n) is 7.75. The molecule has 3 aromatic rings. The molecule has 0 aliphatic carbocycles. The summed E-state index contributed by atoms with van der Waals surface area (Å²) >= 11 is 0. The van der Waals surface area contributed by atoms with Crippen LogP contribution in [0.3, 0.4) is 0 Å². The molecule has 2 amide bonds. The van der Waals surface area contributed by atoms with Crippen LogP contribution >= 0.6 is 0 Å². The molecule has 1 atom stereocenters. The van der Waals surface area contributed by atoms with Crippen LogP contribution in [0, 0.1) is 13.8 Å². The summed E-state index contributed by atoms with van der Waals surface area (Å²) in [4.78, 5) is 14.6. The normalized spacial score (nSPS) is 14.9. The van der Waals surface area contributed by atoms with Crippen molar-refractivity contribution in [1.82, 2.24) is 14.7 Å². The minimum Gasteiger partial charge on any atom is -0.486 e. The highest BCUT2D eigenvalue weighted by molar-refractivity contribution is 5.89. The fraction of sp³-hybridized carbons (Fsp3) is 0.333. The molecule has 2 aromatic carbocycles. The minimum atomic E-state index is -0.210. The van der Waals surface area contributed by atoms with Crippen molar-refractivity contribution < 1.29 is 14.3 Å². The van der Waals surface area contributed by atoms with Crippen molar-refractivity contribution in [2.75, 3.05) is 25.0 Å². The Balaban J connectivity index is 1.38. The smallest absolute Gasteiger partial charge is 0.321 e. The van der Waals surface area contributed by atoms with Crippen LogP contribution < -0.4 is 14.8 Å². The summed E-state index contributed by atoms with van der Waals surface area (Å²) in [6.45, 7) is 8.07. The van der Waals surface area contributed by atoms with Crippen LogP contribution in [0.4, 0.5) is 10.5 Å². The number of carbonyl (C=O) groups is 1. The van der Waals surface area contributed by atoms with Crippen LogP contribution in [0.1, 0.15) is 23.9 Å². The Labute approximate surface area is 182 Å². The van der Waals surface area contributed by atoms with E-state index in [1.165, 1.54) is 0 Å². The predicted octanol–water partition coefficient (Wildman–Crippen LogP) is 4.24. The van der Waals surface area contributed by atoms with E-state index in [1.54, 1.807) is 4.90 Å². The molecule has 0 saturated carbocycles. The predicted molar refractivity (Wildman–Crippen MR) is 120 cm³/mol. The number of nitrogens with one attached hydrogen (secondary N) is 1. The van der Waals surface area contributed by atoms with Gasteiger partial charge in [0, 0.05) is 17.9 Å². The number of benzene rings is 2. The van der Waals surface area contributed by atoms with E-state index in [2.05, 4.69) is 16.5 Å². The Morgan fingerprint density at radius 3 is 2.71 bits per heavy atom. The maximum Gasteiger partial charge on any atom is 0.321 e. The zero-order valence-corrected chi connectivity index (χ0v) is 18.2. The van der Waals surface area contributed by atoms with Gasteiger partial charge in [-0.25, -0.2) is 4.79 Å². The maximum atomic E-state index is 12.9. The molecule has 1 aliphatic rings. The first-order chi connectivity index (χ1) is 15.0. The first-order valence-electron chi connectivity index (χ1n) is 10.6. The molecule has 162 valence electrons. The number of carbonyl (C=O) groups excluding carboxylic acids is 1. The number of fused-ring (bicyclic) bond motifs is 1. The maximum absolute atomic E-state index is 12.9. The second-order valence-corrected chi connectivity index (χ2v) is 7.75. The second kappa shape index (κ2) is 9.12. The van der Waals surface area contributed by atoms with Gasteiger partial charge in [-0.05, 0) is 56.7 Å². The Kier molecular flexibility index (Phi) is 6.11. The molecule has 1 aromatic heterocycles. The molecule has 1 aliphatic heterocycles. The molecule has 1 N–H and O–H groups in total. The van der Waals surface area contributed by atoms with Gasteiger partial charge in [0.1, 0.15) is 6.61 Å². The van der Waals surface area contributed by atoms with Gasteiger partial charge in [0.15, 0.2) is 17.6 Å². The molecule has 0 fully saturated rings. The zero-order valence-electron chi connectivity index (χ0n) is 18.2. The van der Waals surface area contributed by atoms with Gasteiger partial charge in [0.25, 0.3) is 0 Å². The van der Waals surface area contributed by atoms with Gasteiger partial charge in [0.05, 0.1) is 18.8 Å². The van der Waals surface area contributed by atoms with E-state index in [0.29, 0.717) is 32.0 Å². The molecule has 4 rings (SSSR count). The van der Waals surface area contributed by atoms with Crippen LogP contribution in [0.2, 0.25) is 0 Å². The Hall–Kier alpha value is -3.48. The Bertz CT molecular complexity index is 1060. The number of ether oxygens (including phenoxy) is 2. The SMILES string of the molecule is CCN(CC1COc2ccccc2O1)C(=O)Nc1cccc(Cn2nc(C)cc2C)c1. The van der Waals surface area contributed by atoms with Crippen LogP contribution in [-0.4, -0.2) is 46.5 Å². The van der Waals surface area contributed by atoms with E-state index >= 15 is 0 Å². The summed E-state index contributed by atoms with van der Waals surface area (Å²) in [5.41, 5.74) is 3.94. The van der Waals surface area contributed by atoms with Gasteiger partial charge < -0.3 is 19.7 Å². The molecule has 7 nitrogen and oxygen atoms in total. The summed E-state index contributed by atoms with van der Waals surface area (Å²) in [5, 5.41) is 7.52. The Morgan fingerprint density at radius 2 is 1.97 bits per heavy atom. The molecule has 7 heteroatoms. The fourth-order valence-corrected chi connectivity index (χ4v) is 3.71. The highest BCUT2D eigenvalue weighted by Gasteiger charge is 2.24. The standard InChI is InChI=1S/C24H28N4O3/c1-4-27(15-21-16-30-22-10-5-6-11-23(22)31-21)24(29)25-20-9-7-8-19(13-20)14-28-18(3)12-17(2)26-28/h5-13,21H,4,14-16H2,1-3H3,(H,25,29). The largest absolute Gasteiger partial charge is 0.486 e. The lowest BCUT2D eigenvalue weighted by Crippen LogP contribution is -2.45. The number of nitrogens with zero attached hydrogens (tertiary/aromatic N) is 3. The van der Waals surface area contributed by atoms with E-state index in [9.17, 15) is 4.79 Å². The number of hydrogen-bond acceptors (Lipinski definition) is 4. The van der Waals surface area contributed by atoms with Gasteiger partial charge in [-0.15, -0.1) is 0 Å². The van der Waals surface area contributed by atoms with Crippen molar-refractivity contribution in [1.29, 1.82) is 0 Å². The highest BCUT2D eigenvalue weighted by atomic mass is 16.6. The summed E-state index contributed by atoms with van der Waals surface area (Å²) in [7, 11) is 0. The van der Waals surface area contributed by atoms with Crippen molar-refractivity contribution in [2.24, 2.45) is 0 Å². The lowest BCUT2D eigenvalue weighted by atomic mass is 10.2. The molecular weight excluding hydrogens is 392 g/mol. The van der Waals surface area contributed by atoms with Crippen LogP contribution in [-0.2, 0) is 6.54 Å². The van der Waals surface area contributed by atoms with Gasteiger partial charge in [0.2, 0.25) is 0 Å². The van der Waals surface area contributed by atoms with Crippen molar-refractivity contribution >= 4 is 11.7 Å². The number of urea groups is 1.